The second kappa shape index (κ2) is 9.38. The summed E-state index contributed by atoms with van der Waals surface area (Å²) in [6.07, 6.45) is 0.457. The Hall–Kier alpha value is -3.85. The Morgan fingerprint density at radius 3 is 2.38 bits per heavy atom. The fraction of sp³-hybridized carbons (Fsp3) is 0.0714. The van der Waals surface area contributed by atoms with Crippen molar-refractivity contribution in [2.24, 2.45) is 10.8 Å². The summed E-state index contributed by atoms with van der Waals surface area (Å²) >= 11 is 5.22. The first kappa shape index (κ1) is 21.5. The van der Waals surface area contributed by atoms with Crippen LogP contribution in [0.1, 0.15) is 16.8 Å². The van der Waals surface area contributed by atoms with Crippen molar-refractivity contribution < 1.29 is 19.4 Å². The van der Waals surface area contributed by atoms with Gasteiger partial charge in [0.2, 0.25) is 0 Å². The number of thiocarbonyl (C=S) groups is 1. The Morgan fingerprint density at radius 1 is 1.21 bits per heavy atom. The first-order chi connectivity index (χ1) is 13.7. The van der Waals surface area contributed by atoms with Crippen molar-refractivity contribution in [2.75, 3.05) is 5.32 Å². The number of Topliss-reactive ketones (excluding diaryl/α,β-unsaturated/α-hetero) is 1. The lowest BCUT2D eigenvalue weighted by atomic mass is 10.0. The second-order valence-electron chi connectivity index (χ2n) is 5.15. The average Bonchev–Trinajstić information content (AvgIpc) is 3.13. The van der Waals surface area contributed by atoms with Gasteiger partial charge in [0.1, 0.15) is 11.9 Å². The van der Waals surface area contributed by atoms with Crippen LogP contribution < -0.4 is 16.5 Å². The summed E-state index contributed by atoms with van der Waals surface area (Å²) in [5, 5.41) is 26.7. The minimum atomic E-state index is -0.867. The molecule has 150 valence electrons. The summed E-state index contributed by atoms with van der Waals surface area (Å²) < 4.78 is 0. The largest absolute Gasteiger partial charge is 0.375 e. The molecule has 29 heavy (non-hydrogen) atoms. The number of hydrogen-bond acceptors (Lipinski definition) is 10. The van der Waals surface area contributed by atoms with Gasteiger partial charge >= 0.3 is 5.00 Å². The van der Waals surface area contributed by atoms with Crippen molar-refractivity contribution >= 4 is 61.9 Å². The number of rotatable bonds is 8. The first-order valence-corrected chi connectivity index (χ1v) is 8.71. The van der Waals surface area contributed by atoms with E-state index in [1.807, 2.05) is 0 Å². The maximum Gasteiger partial charge on any atom is 0.345 e. The van der Waals surface area contributed by atoms with Crippen LogP contribution >= 0.6 is 23.6 Å². The van der Waals surface area contributed by atoms with Crippen LogP contribution in [0.15, 0.2) is 35.6 Å². The SMILES string of the molecule is NC(=S)N/N=C(/CC(=O)c1ccc([N+](=O)[O-])cc1)C(=O)Nc1ncc([N+](=O)[O-])s1. The molecule has 1 heterocycles. The van der Waals surface area contributed by atoms with Gasteiger partial charge < -0.3 is 5.73 Å². The number of thiazole rings is 1. The number of nitrogens with one attached hydrogen (secondary N) is 2. The van der Waals surface area contributed by atoms with Crippen LogP contribution in [-0.4, -0.2) is 37.3 Å². The third-order valence-electron chi connectivity index (χ3n) is 3.19. The van der Waals surface area contributed by atoms with Crippen molar-refractivity contribution in [1.82, 2.24) is 10.4 Å². The number of carbonyl (C=O) groups excluding carboxylic acids is 2. The molecule has 1 amide bonds. The van der Waals surface area contributed by atoms with Crippen molar-refractivity contribution in [3.63, 3.8) is 0 Å². The van der Waals surface area contributed by atoms with Gasteiger partial charge in [0, 0.05) is 17.7 Å². The molecule has 2 rings (SSSR count). The first-order valence-electron chi connectivity index (χ1n) is 7.48. The lowest BCUT2D eigenvalue weighted by molar-refractivity contribution is -0.384. The maximum absolute atomic E-state index is 12.4. The number of hydrazone groups is 1. The highest BCUT2D eigenvalue weighted by atomic mass is 32.1. The Balaban J connectivity index is 2.18. The maximum atomic E-state index is 12.4. The number of ketones is 1. The molecule has 0 saturated heterocycles. The van der Waals surface area contributed by atoms with Gasteiger partial charge in [-0.1, -0.05) is 0 Å². The highest BCUT2D eigenvalue weighted by Gasteiger charge is 2.21. The summed E-state index contributed by atoms with van der Waals surface area (Å²) in [5.74, 6) is -1.43. The normalized spacial score (nSPS) is 10.8. The predicted octanol–water partition coefficient (Wildman–Crippen LogP) is 1.36. The van der Waals surface area contributed by atoms with Crippen LogP contribution in [0.25, 0.3) is 0 Å². The third kappa shape index (κ3) is 6.08. The molecule has 2 aromatic rings. The number of non-ortho nitro benzene ring substituents is 1. The van der Waals surface area contributed by atoms with Crippen molar-refractivity contribution in [1.29, 1.82) is 0 Å². The van der Waals surface area contributed by atoms with E-state index in [0.717, 1.165) is 18.3 Å². The number of amides is 1. The molecule has 1 aromatic carbocycles. The summed E-state index contributed by atoms with van der Waals surface area (Å²) in [5.41, 5.74) is 7.02. The number of nitro groups is 2. The Bertz CT molecular complexity index is 1020. The lowest BCUT2D eigenvalue weighted by Gasteiger charge is -2.06. The fourth-order valence-electron chi connectivity index (χ4n) is 1.89. The summed E-state index contributed by atoms with van der Waals surface area (Å²) in [6.45, 7) is 0. The van der Waals surface area contributed by atoms with E-state index >= 15 is 0 Å². The van der Waals surface area contributed by atoms with Crippen LogP contribution in [0.4, 0.5) is 15.8 Å². The number of nitrogens with zero attached hydrogens (tertiary/aromatic N) is 4. The average molecular weight is 437 g/mol. The molecule has 13 nitrogen and oxygen atoms in total. The molecule has 0 aliphatic carbocycles. The molecule has 4 N–H and O–H groups in total. The zero-order valence-corrected chi connectivity index (χ0v) is 15.9. The Labute approximate surface area is 170 Å². The van der Waals surface area contributed by atoms with Gasteiger partial charge in [-0.2, -0.15) is 5.10 Å². The zero-order valence-electron chi connectivity index (χ0n) is 14.2. The van der Waals surface area contributed by atoms with Crippen LogP contribution in [0.5, 0.6) is 0 Å². The van der Waals surface area contributed by atoms with Crippen LogP contribution in [0, 0.1) is 20.2 Å². The number of anilines is 1. The molecule has 0 saturated carbocycles. The summed E-state index contributed by atoms with van der Waals surface area (Å²) in [6, 6.07) is 4.76. The Kier molecular flexibility index (Phi) is 6.94. The smallest absolute Gasteiger partial charge is 0.345 e. The van der Waals surface area contributed by atoms with Crippen molar-refractivity contribution in [3.8, 4) is 0 Å². The topological polar surface area (TPSA) is 196 Å². The Morgan fingerprint density at radius 2 is 1.86 bits per heavy atom. The summed E-state index contributed by atoms with van der Waals surface area (Å²) in [4.78, 5) is 48.6. The second-order valence-corrected chi connectivity index (χ2v) is 6.60. The third-order valence-corrected chi connectivity index (χ3v) is 4.14. The number of benzene rings is 1. The molecule has 15 heteroatoms. The molecule has 0 aliphatic heterocycles. The molecule has 0 bridgehead atoms. The molecule has 1 aromatic heterocycles. The number of hydrogen-bond donors (Lipinski definition) is 3. The predicted molar refractivity (Wildman–Crippen MR) is 107 cm³/mol. The van der Waals surface area contributed by atoms with E-state index in [9.17, 15) is 29.8 Å². The van der Waals surface area contributed by atoms with Gasteiger partial charge in [0.05, 0.1) is 16.3 Å². The molecule has 0 spiro atoms. The van der Waals surface area contributed by atoms with E-state index in [1.54, 1.807) is 0 Å². The number of aromatic nitrogens is 1. The fourth-order valence-corrected chi connectivity index (χ4v) is 2.57. The van der Waals surface area contributed by atoms with Gasteiger partial charge in [-0.25, -0.2) is 4.98 Å². The minimum absolute atomic E-state index is 0.0764. The summed E-state index contributed by atoms with van der Waals surface area (Å²) in [7, 11) is 0. The van der Waals surface area contributed by atoms with Gasteiger partial charge in [-0.05, 0) is 35.7 Å². The van der Waals surface area contributed by atoms with Gasteiger partial charge in [0.25, 0.3) is 11.6 Å². The van der Waals surface area contributed by atoms with Crippen LogP contribution in [0.3, 0.4) is 0 Å². The molecule has 0 atom stereocenters. The minimum Gasteiger partial charge on any atom is -0.375 e. The lowest BCUT2D eigenvalue weighted by Crippen LogP contribution is -2.31. The van der Waals surface area contributed by atoms with Gasteiger partial charge in [-0.3, -0.25) is 40.6 Å². The number of carbonyl (C=O) groups is 2. The zero-order chi connectivity index (χ0) is 21.6. The van der Waals surface area contributed by atoms with E-state index in [2.05, 4.69) is 33.0 Å². The highest BCUT2D eigenvalue weighted by molar-refractivity contribution is 7.80. The molecular weight excluding hydrogens is 426 g/mol. The van der Waals surface area contributed by atoms with E-state index < -0.39 is 28.0 Å². The van der Waals surface area contributed by atoms with E-state index in [1.165, 1.54) is 12.1 Å². The van der Waals surface area contributed by atoms with E-state index in [4.69, 9.17) is 5.73 Å². The van der Waals surface area contributed by atoms with Crippen LogP contribution in [-0.2, 0) is 4.79 Å². The molecule has 0 radical (unpaired) electrons. The molecule has 0 fully saturated rings. The standard InChI is InChI=1S/C14H11N7O6S2/c15-13(28)19-18-9(12(23)17-14-16-6-11(29-14)21(26)27)5-10(22)7-1-3-8(4-2-7)20(24)25/h1-4,6H,5H2,(H3,15,19,28)(H,16,17,23)/b18-9-. The number of nitro benzene ring substituents is 1. The molecular formula is C14H11N7O6S2. The van der Waals surface area contributed by atoms with Gasteiger partial charge in [0.15, 0.2) is 16.0 Å². The quantitative estimate of drug-likeness (QED) is 0.178. The van der Waals surface area contributed by atoms with Crippen LogP contribution in [0.2, 0.25) is 0 Å². The monoisotopic (exact) mass is 437 g/mol. The van der Waals surface area contributed by atoms with Gasteiger partial charge in [-0.15, -0.1) is 0 Å². The van der Waals surface area contributed by atoms with E-state index in [-0.39, 0.29) is 32.2 Å². The van der Waals surface area contributed by atoms with E-state index in [0.29, 0.717) is 11.3 Å². The van der Waals surface area contributed by atoms with Crippen molar-refractivity contribution in [2.45, 2.75) is 6.42 Å². The highest BCUT2D eigenvalue weighted by Crippen LogP contribution is 2.25. The molecule has 0 aliphatic rings. The number of nitrogens with two attached hydrogens (primary N) is 1. The van der Waals surface area contributed by atoms with Crippen molar-refractivity contribution in [3.05, 3.63) is 56.3 Å². The molecule has 0 unspecified atom stereocenters.